The highest BCUT2D eigenvalue weighted by atomic mass is 16.5. The van der Waals surface area contributed by atoms with Gasteiger partial charge in [0.15, 0.2) is 0 Å². The maximum atomic E-state index is 6.04. The van der Waals surface area contributed by atoms with Crippen molar-refractivity contribution < 1.29 is 4.74 Å². The lowest BCUT2D eigenvalue weighted by Gasteiger charge is -2.26. The molecule has 3 rings (SSSR count). The number of likely N-dealkylation sites (tertiary alicyclic amines) is 1. The molecule has 2 aliphatic rings. The number of nitrogens with zero attached hydrogens (tertiary/aromatic N) is 1. The molecule has 1 aliphatic heterocycles. The largest absolute Gasteiger partial charge is 0.496 e. The highest BCUT2D eigenvalue weighted by Gasteiger charge is 2.12. The van der Waals surface area contributed by atoms with Gasteiger partial charge in [-0.05, 0) is 62.6 Å². The molecular formula is C25H31NO. The van der Waals surface area contributed by atoms with Gasteiger partial charge in [0, 0.05) is 12.1 Å². The highest BCUT2D eigenvalue weighted by molar-refractivity contribution is 5.86. The fraction of sp³-hybridized carbons (Fsp3) is 0.440. The van der Waals surface area contributed by atoms with Crippen LogP contribution in [0.15, 0.2) is 59.4 Å². The number of hydrogen-bond donors (Lipinski definition) is 0. The van der Waals surface area contributed by atoms with Gasteiger partial charge in [-0.2, -0.15) is 0 Å². The summed E-state index contributed by atoms with van der Waals surface area (Å²) in [5.74, 6) is 7.66. The molecule has 0 saturated carbocycles. The predicted molar refractivity (Wildman–Crippen MR) is 114 cm³/mol. The number of piperidine rings is 1. The minimum Gasteiger partial charge on any atom is -0.496 e. The Morgan fingerprint density at radius 1 is 1.07 bits per heavy atom. The molecule has 0 radical (unpaired) electrons. The Hall–Kier alpha value is -2.24. The summed E-state index contributed by atoms with van der Waals surface area (Å²) in [4.78, 5) is 2.51. The van der Waals surface area contributed by atoms with Gasteiger partial charge in [-0.1, -0.05) is 61.1 Å². The molecule has 0 unspecified atom stereocenters. The predicted octanol–water partition coefficient (Wildman–Crippen LogP) is 5.59. The molecule has 2 heteroatoms. The lowest BCUT2D eigenvalue weighted by molar-refractivity contribution is 0.141. The van der Waals surface area contributed by atoms with E-state index in [0.29, 0.717) is 6.42 Å². The van der Waals surface area contributed by atoms with Crippen LogP contribution in [0.3, 0.4) is 0 Å². The van der Waals surface area contributed by atoms with Crippen LogP contribution in [0, 0.1) is 11.8 Å². The lowest BCUT2D eigenvalue weighted by atomic mass is 9.92. The van der Waals surface area contributed by atoms with Crippen LogP contribution in [-0.4, -0.2) is 31.1 Å². The van der Waals surface area contributed by atoms with Crippen molar-refractivity contribution in [1.82, 2.24) is 4.90 Å². The van der Waals surface area contributed by atoms with Crippen molar-refractivity contribution >= 4 is 5.57 Å². The zero-order valence-corrected chi connectivity index (χ0v) is 16.8. The van der Waals surface area contributed by atoms with E-state index >= 15 is 0 Å². The second kappa shape index (κ2) is 10.2. The molecule has 0 N–H and O–H groups in total. The SMILES string of the molecule is CCC(C)=C(C1=CC=C(OCCN2CCCCC2)CC#C1)c1ccccc1. The molecule has 1 aromatic carbocycles. The zero-order chi connectivity index (χ0) is 18.9. The van der Waals surface area contributed by atoms with Crippen LogP contribution in [0.5, 0.6) is 0 Å². The van der Waals surface area contributed by atoms with Crippen molar-refractivity contribution in [2.75, 3.05) is 26.2 Å². The maximum absolute atomic E-state index is 6.04. The molecule has 0 aromatic heterocycles. The summed E-state index contributed by atoms with van der Waals surface area (Å²) in [6.07, 6.45) is 9.97. The van der Waals surface area contributed by atoms with Gasteiger partial charge in [-0.15, -0.1) is 0 Å². The smallest absolute Gasteiger partial charge is 0.108 e. The summed E-state index contributed by atoms with van der Waals surface area (Å²) in [5, 5.41) is 0. The van der Waals surface area contributed by atoms with Crippen LogP contribution in [-0.2, 0) is 4.74 Å². The molecule has 27 heavy (non-hydrogen) atoms. The molecule has 1 aliphatic carbocycles. The van der Waals surface area contributed by atoms with Crippen LogP contribution >= 0.6 is 0 Å². The second-order valence-electron chi connectivity index (χ2n) is 7.32. The third-order valence-corrected chi connectivity index (χ3v) is 5.35. The van der Waals surface area contributed by atoms with E-state index in [-0.39, 0.29) is 0 Å². The zero-order valence-electron chi connectivity index (χ0n) is 16.8. The Morgan fingerprint density at radius 3 is 2.59 bits per heavy atom. The summed E-state index contributed by atoms with van der Waals surface area (Å²) in [5.41, 5.74) is 4.96. The van der Waals surface area contributed by atoms with Gasteiger partial charge in [-0.3, -0.25) is 4.90 Å². The van der Waals surface area contributed by atoms with E-state index in [1.165, 1.54) is 49.1 Å². The minimum absolute atomic E-state index is 0.688. The quantitative estimate of drug-likeness (QED) is 0.587. The van der Waals surface area contributed by atoms with Gasteiger partial charge in [-0.25, -0.2) is 0 Å². The number of benzene rings is 1. The van der Waals surface area contributed by atoms with Crippen molar-refractivity contribution in [3.05, 3.63) is 65.0 Å². The Kier molecular flexibility index (Phi) is 7.36. The van der Waals surface area contributed by atoms with Gasteiger partial charge in [0.05, 0.1) is 6.42 Å². The third kappa shape index (κ3) is 5.62. The summed E-state index contributed by atoms with van der Waals surface area (Å²) in [6, 6.07) is 10.6. The summed E-state index contributed by atoms with van der Waals surface area (Å²) < 4.78 is 6.04. The van der Waals surface area contributed by atoms with E-state index in [4.69, 9.17) is 4.74 Å². The molecule has 1 aromatic rings. The molecule has 0 atom stereocenters. The van der Waals surface area contributed by atoms with Crippen molar-refractivity contribution in [1.29, 1.82) is 0 Å². The van der Waals surface area contributed by atoms with E-state index in [9.17, 15) is 0 Å². The molecular weight excluding hydrogens is 330 g/mol. The van der Waals surface area contributed by atoms with Gasteiger partial charge >= 0.3 is 0 Å². The van der Waals surface area contributed by atoms with Gasteiger partial charge < -0.3 is 4.74 Å². The van der Waals surface area contributed by atoms with Gasteiger partial charge in [0.2, 0.25) is 0 Å². The van der Waals surface area contributed by atoms with Crippen LogP contribution in [0.1, 0.15) is 51.5 Å². The minimum atomic E-state index is 0.688. The van der Waals surface area contributed by atoms with Crippen LogP contribution in [0.2, 0.25) is 0 Å². The monoisotopic (exact) mass is 361 g/mol. The van der Waals surface area contributed by atoms with Crippen molar-refractivity contribution in [2.24, 2.45) is 0 Å². The summed E-state index contributed by atoms with van der Waals surface area (Å²) in [6.45, 7) is 8.61. The average molecular weight is 362 g/mol. The van der Waals surface area contributed by atoms with Crippen molar-refractivity contribution in [3.63, 3.8) is 0 Å². The topological polar surface area (TPSA) is 12.5 Å². The fourth-order valence-corrected chi connectivity index (χ4v) is 3.65. The lowest BCUT2D eigenvalue weighted by Crippen LogP contribution is -2.32. The summed E-state index contributed by atoms with van der Waals surface area (Å²) >= 11 is 0. The van der Waals surface area contributed by atoms with E-state index in [1.54, 1.807) is 0 Å². The van der Waals surface area contributed by atoms with E-state index in [1.807, 2.05) is 0 Å². The average Bonchev–Trinajstić information content (AvgIpc) is 2.95. The van der Waals surface area contributed by atoms with Gasteiger partial charge in [0.25, 0.3) is 0 Å². The number of allylic oxidation sites excluding steroid dienone is 6. The number of ether oxygens (including phenoxy) is 1. The normalized spacial score (nSPS) is 18.4. The van der Waals surface area contributed by atoms with E-state index in [2.05, 4.69) is 73.1 Å². The van der Waals surface area contributed by atoms with Crippen LogP contribution < -0.4 is 0 Å². The van der Waals surface area contributed by atoms with E-state index in [0.717, 1.165) is 30.9 Å². The Balaban J connectivity index is 1.69. The molecule has 0 amide bonds. The summed E-state index contributed by atoms with van der Waals surface area (Å²) in [7, 11) is 0. The molecule has 2 nitrogen and oxygen atoms in total. The second-order valence-corrected chi connectivity index (χ2v) is 7.32. The fourth-order valence-electron chi connectivity index (χ4n) is 3.65. The first-order chi connectivity index (χ1) is 13.3. The Morgan fingerprint density at radius 2 is 1.85 bits per heavy atom. The molecule has 1 saturated heterocycles. The third-order valence-electron chi connectivity index (χ3n) is 5.35. The number of rotatable bonds is 7. The van der Waals surface area contributed by atoms with E-state index < -0.39 is 0 Å². The molecule has 1 fully saturated rings. The first-order valence-electron chi connectivity index (χ1n) is 10.3. The molecule has 0 bridgehead atoms. The highest BCUT2D eigenvalue weighted by Crippen LogP contribution is 2.29. The standard InChI is InChI=1S/C25H31NO/c1-3-21(2)25(22-11-6-4-7-12-22)23-13-10-14-24(16-15-23)27-20-19-26-17-8-5-9-18-26/h4,6-7,11-12,15-16H,3,5,8-9,14,17-20H2,1-2H3. The van der Waals surface area contributed by atoms with Gasteiger partial charge in [0.1, 0.15) is 12.4 Å². The maximum Gasteiger partial charge on any atom is 0.108 e. The first-order valence-corrected chi connectivity index (χ1v) is 10.3. The Labute approximate surface area is 164 Å². The molecule has 1 heterocycles. The Bertz CT molecular complexity index is 768. The van der Waals surface area contributed by atoms with Crippen LogP contribution in [0.25, 0.3) is 5.57 Å². The van der Waals surface area contributed by atoms with Crippen molar-refractivity contribution in [3.8, 4) is 11.8 Å². The molecule has 0 spiro atoms. The van der Waals surface area contributed by atoms with Crippen LogP contribution in [0.4, 0.5) is 0 Å². The molecule has 142 valence electrons. The number of hydrogen-bond acceptors (Lipinski definition) is 2. The first kappa shape index (κ1) is 19.5. The van der Waals surface area contributed by atoms with Crippen molar-refractivity contribution in [2.45, 2.75) is 46.0 Å².